The van der Waals surface area contributed by atoms with E-state index in [4.69, 9.17) is 16.3 Å². The highest BCUT2D eigenvalue weighted by molar-refractivity contribution is 6.33. The lowest BCUT2D eigenvalue weighted by molar-refractivity contribution is -0.127. The third kappa shape index (κ3) is 11.8. The molecule has 0 spiro atoms. The zero-order valence-electron chi connectivity index (χ0n) is 43.9. The number of carbonyl (C=O) groups is 4. The number of nitrogens with one attached hydrogen (secondary N) is 4. The number of aromatic nitrogens is 7. The molecule has 9 rings (SSSR count). The van der Waals surface area contributed by atoms with E-state index < -0.39 is 17.6 Å². The lowest BCUT2D eigenvalue weighted by Crippen LogP contribution is -2.42. The zero-order valence-corrected chi connectivity index (χ0v) is 44.7. The Hall–Kier alpha value is -7.18. The molecule has 0 bridgehead atoms. The standard InChI is InChI=1S/C57H64ClF2N11O5/c1-30(2)53-43-20-36(22-46(59)51(43)68-70(53)5)41-24-48(66-55(73)32-10-8-12-39(18-32)64-50(72)29-76-7)62-26-34(41)14-16-38-17-15-35(27-61-38)57(75)65-40-13-9-11-33(19-40)56(74)67-49-25-42(45(58)28-63-49)37-21-44-52(47(60)23-37)69-71(6)54(44)31(3)4/h15,17,20-28,30-33,39-40H,8-14,16,18-19,29H2,1-7H3,(H,64,72)(H,65,75)(H,62,66,73)(H,63,67,74)/t32-,33-,39+,40+/m0/s1. The monoisotopic (exact) mass is 1060 g/mol. The lowest BCUT2D eigenvalue weighted by atomic mass is 9.85. The Labute approximate surface area is 445 Å². The predicted molar refractivity (Wildman–Crippen MR) is 289 cm³/mol. The third-order valence-electron chi connectivity index (χ3n) is 14.7. The minimum Gasteiger partial charge on any atom is -0.375 e. The number of amides is 4. The highest BCUT2D eigenvalue weighted by Gasteiger charge is 2.31. The van der Waals surface area contributed by atoms with Gasteiger partial charge in [0.1, 0.15) is 29.3 Å². The van der Waals surface area contributed by atoms with Crippen molar-refractivity contribution in [1.29, 1.82) is 0 Å². The molecule has 7 aromatic rings. The van der Waals surface area contributed by atoms with Crippen molar-refractivity contribution in [1.82, 2.24) is 45.1 Å². The Morgan fingerprint density at radius 2 is 1.22 bits per heavy atom. The molecule has 2 saturated carbocycles. The molecule has 76 heavy (non-hydrogen) atoms. The molecular formula is C57H64ClF2N11O5. The summed E-state index contributed by atoms with van der Waals surface area (Å²) in [7, 11) is 5.07. The van der Waals surface area contributed by atoms with Crippen molar-refractivity contribution in [2.75, 3.05) is 24.4 Å². The van der Waals surface area contributed by atoms with Gasteiger partial charge in [0.05, 0.1) is 10.6 Å². The summed E-state index contributed by atoms with van der Waals surface area (Å²) in [5, 5.41) is 22.6. The van der Waals surface area contributed by atoms with Crippen LogP contribution in [0.25, 0.3) is 44.1 Å². The maximum atomic E-state index is 16.0. The van der Waals surface area contributed by atoms with Gasteiger partial charge in [-0.1, -0.05) is 52.1 Å². The summed E-state index contributed by atoms with van der Waals surface area (Å²) in [6.07, 6.45) is 10.8. The third-order valence-corrected chi connectivity index (χ3v) is 15.0. The number of halogens is 3. The first-order valence-electron chi connectivity index (χ1n) is 26.1. The van der Waals surface area contributed by atoms with Crippen LogP contribution in [0.2, 0.25) is 5.02 Å². The average Bonchev–Trinajstić information content (AvgIpc) is 3.96. The van der Waals surface area contributed by atoms with Gasteiger partial charge in [-0.15, -0.1) is 0 Å². The quantitative estimate of drug-likeness (QED) is 0.0722. The topological polar surface area (TPSA) is 200 Å². The van der Waals surface area contributed by atoms with E-state index in [0.29, 0.717) is 94.4 Å². The van der Waals surface area contributed by atoms with Gasteiger partial charge in [-0.3, -0.25) is 33.5 Å². The van der Waals surface area contributed by atoms with E-state index in [-0.39, 0.29) is 76.9 Å². The number of methoxy groups -OCH3 is 1. The van der Waals surface area contributed by atoms with Crippen molar-refractivity contribution in [3.63, 3.8) is 0 Å². The van der Waals surface area contributed by atoms with E-state index in [1.165, 1.54) is 25.4 Å². The fourth-order valence-corrected chi connectivity index (χ4v) is 11.4. The summed E-state index contributed by atoms with van der Waals surface area (Å²) in [6.45, 7) is 8.08. The Balaban J connectivity index is 0.854. The van der Waals surface area contributed by atoms with Crippen LogP contribution < -0.4 is 21.3 Å². The number of pyridine rings is 3. The van der Waals surface area contributed by atoms with Crippen molar-refractivity contribution < 1.29 is 32.7 Å². The molecule has 0 aliphatic heterocycles. The van der Waals surface area contributed by atoms with Crippen LogP contribution in [0.1, 0.15) is 124 Å². The van der Waals surface area contributed by atoms with E-state index in [2.05, 4.69) is 46.4 Å². The molecule has 5 heterocycles. The number of hydrogen-bond donors (Lipinski definition) is 4. The van der Waals surface area contributed by atoms with E-state index in [1.807, 2.05) is 46.9 Å². The molecule has 0 unspecified atom stereocenters. The smallest absolute Gasteiger partial charge is 0.253 e. The fourth-order valence-electron chi connectivity index (χ4n) is 11.2. The number of anilines is 2. The molecule has 16 nitrogen and oxygen atoms in total. The first-order chi connectivity index (χ1) is 36.4. The normalized spacial score (nSPS) is 17.8. The van der Waals surface area contributed by atoms with Gasteiger partial charge in [-0.05, 0) is 134 Å². The van der Waals surface area contributed by atoms with E-state index >= 15 is 8.78 Å². The van der Waals surface area contributed by atoms with Crippen LogP contribution in [0, 0.1) is 23.5 Å². The molecule has 4 amide bonds. The first-order valence-corrected chi connectivity index (χ1v) is 26.5. The largest absolute Gasteiger partial charge is 0.375 e. The number of fused-ring (bicyclic) bond motifs is 2. The van der Waals surface area contributed by atoms with Gasteiger partial charge < -0.3 is 26.0 Å². The summed E-state index contributed by atoms with van der Waals surface area (Å²) in [4.78, 5) is 66.9. The molecular weight excluding hydrogens is 992 g/mol. The molecule has 19 heteroatoms. The summed E-state index contributed by atoms with van der Waals surface area (Å²) in [6, 6.07) is 13.2. The molecule has 0 radical (unpaired) electrons. The minimum absolute atomic E-state index is 0.0471. The molecule has 2 aliphatic carbocycles. The first kappa shape index (κ1) is 53.6. The maximum absolute atomic E-state index is 16.0. The lowest BCUT2D eigenvalue weighted by Gasteiger charge is -2.29. The number of hydrogen-bond acceptors (Lipinski definition) is 10. The van der Waals surface area contributed by atoms with Crippen LogP contribution in [-0.2, 0) is 46.1 Å². The van der Waals surface area contributed by atoms with Gasteiger partial charge in [0, 0.05) is 97.1 Å². The van der Waals surface area contributed by atoms with Crippen LogP contribution in [-0.4, -0.2) is 83.9 Å². The van der Waals surface area contributed by atoms with Crippen molar-refractivity contribution in [3.8, 4) is 22.3 Å². The molecule has 0 saturated heterocycles. The van der Waals surface area contributed by atoms with Gasteiger partial charge in [0.15, 0.2) is 11.6 Å². The van der Waals surface area contributed by atoms with Gasteiger partial charge in [0.25, 0.3) is 5.91 Å². The van der Waals surface area contributed by atoms with Crippen LogP contribution in [0.15, 0.2) is 67.1 Å². The molecule has 2 fully saturated rings. The summed E-state index contributed by atoms with van der Waals surface area (Å²) < 4.78 is 39.7. The number of ether oxygens (including phenoxy) is 1. The number of carbonyl (C=O) groups excluding carboxylic acids is 4. The number of benzene rings is 2. The Kier molecular flexibility index (Phi) is 16.2. The van der Waals surface area contributed by atoms with Crippen LogP contribution >= 0.6 is 11.6 Å². The van der Waals surface area contributed by atoms with Crippen LogP contribution in [0.3, 0.4) is 0 Å². The second kappa shape index (κ2) is 23.0. The SMILES string of the molecule is COCC(=O)N[C@@H]1CCC[C@H](C(=O)Nc2cc(-c3cc(F)c4nn(C)c(C(C)C)c4c3)c(CCc3ccc(C(=O)N[C@@H]4CCC[C@H](C(=O)Nc5cc(-c6cc(F)c7nn(C)c(C(C)C)c7c6)c(Cl)cn5)C4)cn3)cn2)C1. The second-order valence-electron chi connectivity index (χ2n) is 20.9. The average molecular weight is 1060 g/mol. The fraction of sp³-hybridized carbons (Fsp3) is 0.421. The van der Waals surface area contributed by atoms with Gasteiger partial charge in [-0.2, -0.15) is 10.2 Å². The summed E-state index contributed by atoms with van der Waals surface area (Å²) in [5.74, 6) is -1.85. The molecule has 5 aromatic heterocycles. The van der Waals surface area contributed by atoms with Crippen molar-refractivity contribution in [2.45, 2.75) is 116 Å². The van der Waals surface area contributed by atoms with Gasteiger partial charge in [-0.25, -0.2) is 18.7 Å². The maximum Gasteiger partial charge on any atom is 0.253 e. The Bertz CT molecular complexity index is 3340. The molecule has 2 aliphatic rings. The van der Waals surface area contributed by atoms with Crippen LogP contribution in [0.5, 0.6) is 0 Å². The van der Waals surface area contributed by atoms with Crippen molar-refractivity contribution in [2.24, 2.45) is 25.9 Å². The number of rotatable bonds is 16. The highest BCUT2D eigenvalue weighted by Crippen LogP contribution is 2.38. The number of aryl methyl sites for hydroxylation is 4. The minimum atomic E-state index is -0.473. The predicted octanol–water partition coefficient (Wildman–Crippen LogP) is 10.1. The molecule has 4 N–H and O–H groups in total. The molecule has 398 valence electrons. The van der Waals surface area contributed by atoms with Crippen molar-refractivity contribution in [3.05, 3.63) is 112 Å². The molecule has 2 aromatic carbocycles. The van der Waals surface area contributed by atoms with E-state index in [1.54, 1.807) is 53.1 Å². The highest BCUT2D eigenvalue weighted by atomic mass is 35.5. The van der Waals surface area contributed by atoms with E-state index in [9.17, 15) is 19.2 Å². The van der Waals surface area contributed by atoms with Gasteiger partial charge >= 0.3 is 0 Å². The Morgan fingerprint density at radius 3 is 1.76 bits per heavy atom. The zero-order chi connectivity index (χ0) is 53.9. The Morgan fingerprint density at radius 1 is 0.684 bits per heavy atom. The number of nitrogens with zero attached hydrogens (tertiary/aromatic N) is 7. The molecule has 4 atom stereocenters. The van der Waals surface area contributed by atoms with Crippen molar-refractivity contribution >= 4 is 68.7 Å². The van der Waals surface area contributed by atoms with E-state index in [0.717, 1.165) is 41.9 Å². The second-order valence-corrected chi connectivity index (χ2v) is 21.3. The summed E-state index contributed by atoms with van der Waals surface area (Å²) in [5.41, 5.74) is 6.60. The summed E-state index contributed by atoms with van der Waals surface area (Å²) >= 11 is 6.61. The van der Waals surface area contributed by atoms with Crippen LogP contribution in [0.4, 0.5) is 20.4 Å². The van der Waals surface area contributed by atoms with Gasteiger partial charge in [0.2, 0.25) is 17.7 Å².